The first-order valence-electron chi connectivity index (χ1n) is 3.88. The minimum Gasteiger partial charge on any atom is -0.349 e. The van der Waals surface area contributed by atoms with Gasteiger partial charge in [-0.25, -0.2) is 0 Å². The predicted molar refractivity (Wildman–Crippen MR) is 50.2 cm³/mol. The van der Waals surface area contributed by atoms with Gasteiger partial charge in [0.05, 0.1) is 5.03 Å². The lowest BCUT2D eigenvalue weighted by Crippen LogP contribution is -1.98. The molecule has 2 aromatic rings. The Morgan fingerprint density at radius 2 is 1.86 bits per heavy atom. The number of rotatable bonds is 1. The number of hydrogen-bond acceptors (Lipinski definition) is 1. The van der Waals surface area contributed by atoms with Crippen molar-refractivity contribution in [1.29, 1.82) is 0 Å². The zero-order valence-electron chi connectivity index (χ0n) is 6.93. The van der Waals surface area contributed by atoms with Gasteiger partial charge in [-0.3, -0.25) is 0 Å². The van der Waals surface area contributed by atoms with Crippen LogP contribution < -0.4 is 0 Å². The van der Waals surface area contributed by atoms with E-state index in [4.69, 9.17) is 0 Å². The highest BCUT2D eigenvalue weighted by Gasteiger charge is 2.29. The molecule has 0 aliphatic heterocycles. The molecule has 14 heavy (non-hydrogen) atoms. The number of hydrogen-bond donors (Lipinski definition) is 1. The molecule has 0 aliphatic carbocycles. The maximum Gasteiger partial charge on any atom is 0.447 e. The molecule has 2 rings (SSSR count). The predicted octanol–water partition coefficient (Wildman–Crippen LogP) is 3.78. The Bertz CT molecular complexity index is 413. The average molecular weight is 217 g/mol. The number of para-hydroxylation sites is 1. The van der Waals surface area contributed by atoms with Crippen LogP contribution in [0, 0.1) is 0 Å². The lowest BCUT2D eigenvalue weighted by atomic mass is 10.3. The van der Waals surface area contributed by atoms with E-state index in [0.29, 0.717) is 0 Å². The standard InChI is InChI=1S/C9H6F3NS/c10-9(11,12)14-8-5-6-3-1-2-4-7(6)13-8/h1-5,13H. The molecule has 0 fully saturated rings. The highest BCUT2D eigenvalue weighted by atomic mass is 32.2. The van der Waals surface area contributed by atoms with E-state index in [9.17, 15) is 13.2 Å². The monoisotopic (exact) mass is 217 g/mol. The highest BCUT2D eigenvalue weighted by Crippen LogP contribution is 2.37. The van der Waals surface area contributed by atoms with Crippen LogP contribution in [-0.4, -0.2) is 10.5 Å². The quantitative estimate of drug-likeness (QED) is 0.719. The van der Waals surface area contributed by atoms with Crippen LogP contribution in [0.25, 0.3) is 10.9 Å². The zero-order valence-corrected chi connectivity index (χ0v) is 7.75. The SMILES string of the molecule is FC(F)(F)Sc1cc2ccccc2[nH]1. The topological polar surface area (TPSA) is 15.8 Å². The van der Waals surface area contributed by atoms with Crippen molar-refractivity contribution in [1.82, 2.24) is 4.98 Å². The van der Waals surface area contributed by atoms with Gasteiger partial charge in [0.1, 0.15) is 0 Å². The summed E-state index contributed by atoms with van der Waals surface area (Å²) in [7, 11) is 0. The Morgan fingerprint density at radius 3 is 2.50 bits per heavy atom. The van der Waals surface area contributed by atoms with Crippen molar-refractivity contribution in [2.75, 3.05) is 0 Å². The van der Waals surface area contributed by atoms with Crippen LogP contribution in [-0.2, 0) is 0 Å². The van der Waals surface area contributed by atoms with E-state index in [1.807, 2.05) is 0 Å². The summed E-state index contributed by atoms with van der Waals surface area (Å²) in [6, 6.07) is 8.58. The number of thioether (sulfide) groups is 1. The molecule has 5 heteroatoms. The summed E-state index contributed by atoms with van der Waals surface area (Å²) in [5, 5.41) is 0.915. The minimum absolute atomic E-state index is 0.124. The summed E-state index contributed by atoms with van der Waals surface area (Å²) in [6.45, 7) is 0. The van der Waals surface area contributed by atoms with Gasteiger partial charge >= 0.3 is 5.51 Å². The van der Waals surface area contributed by atoms with Gasteiger partial charge in [0.15, 0.2) is 0 Å². The third-order valence-electron chi connectivity index (χ3n) is 1.73. The lowest BCUT2D eigenvalue weighted by molar-refractivity contribution is -0.0329. The Morgan fingerprint density at radius 1 is 1.14 bits per heavy atom. The van der Waals surface area contributed by atoms with Crippen molar-refractivity contribution in [3.8, 4) is 0 Å². The second-order valence-electron chi connectivity index (χ2n) is 2.77. The third-order valence-corrected chi connectivity index (χ3v) is 2.40. The molecule has 0 saturated carbocycles. The highest BCUT2D eigenvalue weighted by molar-refractivity contribution is 8.00. The fraction of sp³-hybridized carbons (Fsp3) is 0.111. The molecule has 0 radical (unpaired) electrons. The van der Waals surface area contributed by atoms with Gasteiger partial charge in [-0.2, -0.15) is 13.2 Å². The fourth-order valence-corrected chi connectivity index (χ4v) is 1.82. The average Bonchev–Trinajstić information content (AvgIpc) is 2.42. The van der Waals surface area contributed by atoms with Gasteiger partial charge in [0.25, 0.3) is 0 Å². The van der Waals surface area contributed by atoms with Gasteiger partial charge in [-0.15, -0.1) is 0 Å². The first-order valence-corrected chi connectivity index (χ1v) is 4.70. The van der Waals surface area contributed by atoms with Crippen LogP contribution in [0.5, 0.6) is 0 Å². The first kappa shape index (κ1) is 9.45. The number of H-pyrrole nitrogens is 1. The number of nitrogens with one attached hydrogen (secondary N) is 1. The molecule has 0 amide bonds. The van der Waals surface area contributed by atoms with Crippen molar-refractivity contribution in [3.63, 3.8) is 0 Å². The molecular formula is C9H6F3NS. The molecule has 1 N–H and O–H groups in total. The number of alkyl halides is 3. The van der Waals surface area contributed by atoms with Crippen LogP contribution in [0.3, 0.4) is 0 Å². The second-order valence-corrected chi connectivity index (χ2v) is 3.88. The summed E-state index contributed by atoms with van der Waals surface area (Å²) in [6.07, 6.45) is 0. The molecule has 0 saturated heterocycles. The third kappa shape index (κ3) is 2.04. The molecule has 74 valence electrons. The molecule has 0 atom stereocenters. The molecule has 0 bridgehead atoms. The number of fused-ring (bicyclic) bond motifs is 1. The van der Waals surface area contributed by atoms with Crippen LogP contribution >= 0.6 is 11.8 Å². The van der Waals surface area contributed by atoms with Gasteiger partial charge in [0, 0.05) is 22.7 Å². The van der Waals surface area contributed by atoms with Crippen molar-refractivity contribution in [2.24, 2.45) is 0 Å². The number of benzene rings is 1. The summed E-state index contributed by atoms with van der Waals surface area (Å²) >= 11 is -0.129. The number of aromatic amines is 1. The van der Waals surface area contributed by atoms with Crippen LogP contribution in [0.2, 0.25) is 0 Å². The van der Waals surface area contributed by atoms with E-state index >= 15 is 0 Å². The molecule has 0 aliphatic rings. The summed E-state index contributed by atoms with van der Waals surface area (Å²) < 4.78 is 36.0. The Kier molecular flexibility index (Phi) is 2.19. The lowest BCUT2D eigenvalue weighted by Gasteiger charge is -2.01. The second kappa shape index (κ2) is 3.24. The van der Waals surface area contributed by atoms with Crippen molar-refractivity contribution in [3.05, 3.63) is 30.3 Å². The molecule has 1 heterocycles. The summed E-state index contributed by atoms with van der Waals surface area (Å²) in [5.74, 6) is 0. The normalized spacial score (nSPS) is 12.2. The Hall–Kier alpha value is -1.10. The molecule has 0 unspecified atom stereocenters. The zero-order chi connectivity index (χ0) is 10.2. The molecule has 1 aromatic carbocycles. The van der Waals surface area contributed by atoms with Crippen molar-refractivity contribution in [2.45, 2.75) is 10.5 Å². The van der Waals surface area contributed by atoms with E-state index in [2.05, 4.69) is 4.98 Å². The van der Waals surface area contributed by atoms with E-state index in [-0.39, 0.29) is 16.8 Å². The van der Waals surface area contributed by atoms with Crippen molar-refractivity contribution >= 4 is 22.7 Å². The Balaban J connectivity index is 2.36. The van der Waals surface area contributed by atoms with E-state index in [1.54, 1.807) is 24.3 Å². The van der Waals surface area contributed by atoms with Crippen LogP contribution in [0.1, 0.15) is 0 Å². The molecule has 1 aromatic heterocycles. The number of halogens is 3. The van der Waals surface area contributed by atoms with Gasteiger partial charge in [-0.1, -0.05) is 18.2 Å². The van der Waals surface area contributed by atoms with Gasteiger partial charge in [-0.05, 0) is 12.1 Å². The van der Waals surface area contributed by atoms with Gasteiger partial charge < -0.3 is 4.98 Å². The maximum absolute atomic E-state index is 12.0. The van der Waals surface area contributed by atoms with Crippen LogP contribution in [0.4, 0.5) is 13.2 Å². The maximum atomic E-state index is 12.0. The smallest absolute Gasteiger partial charge is 0.349 e. The largest absolute Gasteiger partial charge is 0.447 e. The Labute approximate surface area is 82.3 Å². The van der Waals surface area contributed by atoms with Crippen LogP contribution in [0.15, 0.2) is 35.4 Å². The summed E-state index contributed by atoms with van der Waals surface area (Å²) in [4.78, 5) is 2.70. The van der Waals surface area contributed by atoms with Crippen molar-refractivity contribution < 1.29 is 13.2 Å². The fourth-order valence-electron chi connectivity index (χ4n) is 1.23. The van der Waals surface area contributed by atoms with Gasteiger partial charge in [0.2, 0.25) is 0 Å². The first-order chi connectivity index (χ1) is 6.54. The molecular weight excluding hydrogens is 211 g/mol. The van der Waals surface area contributed by atoms with E-state index < -0.39 is 5.51 Å². The molecule has 1 nitrogen and oxygen atoms in total. The van der Waals surface area contributed by atoms with E-state index in [0.717, 1.165) is 10.9 Å². The minimum atomic E-state index is -4.24. The molecule has 0 spiro atoms. The summed E-state index contributed by atoms with van der Waals surface area (Å²) in [5.41, 5.74) is -3.51. The van der Waals surface area contributed by atoms with E-state index in [1.165, 1.54) is 6.07 Å². The number of aromatic nitrogens is 1.